The molecule has 0 atom stereocenters. The van der Waals surface area contributed by atoms with Crippen LogP contribution >= 0.6 is 0 Å². The number of fused-ring (bicyclic) bond motifs is 3. The first kappa shape index (κ1) is 28.9. The standard InChI is InChI=1S/C30H36N4O6/c1-5-26(31-39-19(3)35)23-17-25-24-16-22(13-15-28(24)33(6-2)30(25)29(18-23)34(37)38)27(32-40-20(4)36)14-12-21-10-8-7-9-11-21/h13,15-18,21H,5-12,14H2,1-4H3/b31-26+,32-27+. The van der Waals surface area contributed by atoms with E-state index >= 15 is 0 Å². The normalized spacial score (nSPS) is 15.0. The van der Waals surface area contributed by atoms with Gasteiger partial charge >= 0.3 is 11.9 Å². The monoisotopic (exact) mass is 548 g/mol. The highest BCUT2D eigenvalue weighted by atomic mass is 16.7. The summed E-state index contributed by atoms with van der Waals surface area (Å²) in [5.41, 5.74) is 3.71. The summed E-state index contributed by atoms with van der Waals surface area (Å²) in [6.07, 6.45) is 8.19. The van der Waals surface area contributed by atoms with Crippen molar-refractivity contribution in [2.75, 3.05) is 0 Å². The molecule has 1 saturated carbocycles. The van der Waals surface area contributed by atoms with Gasteiger partial charge < -0.3 is 14.2 Å². The fourth-order valence-electron chi connectivity index (χ4n) is 5.65. The number of carbonyl (C=O) groups is 2. The van der Waals surface area contributed by atoms with Gasteiger partial charge in [0.1, 0.15) is 5.52 Å². The molecular weight excluding hydrogens is 512 g/mol. The lowest BCUT2D eigenvalue weighted by Gasteiger charge is -2.21. The maximum Gasteiger partial charge on any atom is 0.331 e. The van der Waals surface area contributed by atoms with Gasteiger partial charge in [-0.2, -0.15) is 0 Å². The second-order valence-corrected chi connectivity index (χ2v) is 10.3. The minimum absolute atomic E-state index is 0.0535. The molecule has 1 aliphatic rings. The van der Waals surface area contributed by atoms with Crippen LogP contribution in [0.15, 0.2) is 40.6 Å². The van der Waals surface area contributed by atoms with E-state index in [2.05, 4.69) is 10.3 Å². The Hall–Kier alpha value is -4.08. The van der Waals surface area contributed by atoms with Gasteiger partial charge in [0, 0.05) is 53.9 Å². The number of nitro benzene ring substituents is 1. The highest BCUT2D eigenvalue weighted by molar-refractivity contribution is 6.16. The lowest BCUT2D eigenvalue weighted by Crippen LogP contribution is -2.11. The van der Waals surface area contributed by atoms with Gasteiger partial charge in [-0.3, -0.25) is 10.1 Å². The summed E-state index contributed by atoms with van der Waals surface area (Å²) in [6, 6.07) is 9.18. The Morgan fingerprint density at radius 2 is 1.60 bits per heavy atom. The van der Waals surface area contributed by atoms with Crippen molar-refractivity contribution in [3.8, 4) is 0 Å². The molecule has 0 amide bonds. The topological polar surface area (TPSA) is 125 Å². The first-order valence-corrected chi connectivity index (χ1v) is 14.0. The third-order valence-electron chi connectivity index (χ3n) is 7.53. The van der Waals surface area contributed by atoms with Gasteiger partial charge in [0.15, 0.2) is 0 Å². The van der Waals surface area contributed by atoms with E-state index in [1.807, 2.05) is 42.7 Å². The molecule has 3 aromatic rings. The number of aryl methyl sites for hydroxylation is 1. The molecule has 0 unspecified atom stereocenters. The van der Waals surface area contributed by atoms with Crippen molar-refractivity contribution in [1.29, 1.82) is 0 Å². The second-order valence-electron chi connectivity index (χ2n) is 10.3. The van der Waals surface area contributed by atoms with Crippen LogP contribution in [-0.4, -0.2) is 32.9 Å². The quantitative estimate of drug-likeness (QED) is 0.116. The van der Waals surface area contributed by atoms with Crippen LogP contribution < -0.4 is 0 Å². The fraction of sp³-hybridized carbons (Fsp3) is 0.467. The van der Waals surface area contributed by atoms with E-state index < -0.39 is 16.9 Å². The van der Waals surface area contributed by atoms with Crippen molar-refractivity contribution in [3.05, 3.63) is 51.6 Å². The number of rotatable bonds is 10. The third-order valence-corrected chi connectivity index (χ3v) is 7.53. The van der Waals surface area contributed by atoms with Crippen molar-refractivity contribution in [3.63, 3.8) is 0 Å². The van der Waals surface area contributed by atoms with E-state index in [4.69, 9.17) is 9.68 Å². The smallest absolute Gasteiger partial charge is 0.331 e. The summed E-state index contributed by atoms with van der Waals surface area (Å²) in [6.45, 7) is 6.89. The number of oxime groups is 2. The summed E-state index contributed by atoms with van der Waals surface area (Å²) in [4.78, 5) is 44.8. The first-order valence-electron chi connectivity index (χ1n) is 14.0. The molecule has 4 rings (SSSR count). The SMILES string of the molecule is CC/C(=N\OC(C)=O)c1cc([N+](=O)[O-])c2c(c1)c1cc(/C(CCC3CCCCC3)=N/OC(C)=O)ccc1n2CC. The summed E-state index contributed by atoms with van der Waals surface area (Å²) < 4.78 is 1.93. The predicted octanol–water partition coefficient (Wildman–Crippen LogP) is 7.03. The number of hydrogen-bond donors (Lipinski definition) is 0. The van der Waals surface area contributed by atoms with Crippen LogP contribution in [0.3, 0.4) is 0 Å². The molecule has 40 heavy (non-hydrogen) atoms. The molecule has 10 heteroatoms. The van der Waals surface area contributed by atoms with Crippen LogP contribution in [0.1, 0.15) is 90.2 Å². The van der Waals surface area contributed by atoms with Crippen molar-refractivity contribution in [2.45, 2.75) is 85.6 Å². The van der Waals surface area contributed by atoms with Gasteiger partial charge in [0.05, 0.1) is 16.3 Å². The number of carbonyl (C=O) groups excluding carboxylic acids is 2. The van der Waals surface area contributed by atoms with Gasteiger partial charge in [-0.05, 0) is 50.3 Å². The lowest BCUT2D eigenvalue weighted by molar-refractivity contribution is -0.383. The molecule has 1 aliphatic carbocycles. The number of non-ortho nitro benzene ring substituents is 1. The Morgan fingerprint density at radius 1 is 0.950 bits per heavy atom. The Bertz CT molecular complexity index is 1500. The second kappa shape index (κ2) is 12.8. The van der Waals surface area contributed by atoms with Crippen molar-refractivity contribution >= 4 is 50.9 Å². The molecule has 0 aliphatic heterocycles. The Morgan fingerprint density at radius 3 is 2.20 bits per heavy atom. The molecule has 0 N–H and O–H groups in total. The third kappa shape index (κ3) is 6.38. The van der Waals surface area contributed by atoms with Crippen LogP contribution in [-0.2, 0) is 25.8 Å². The van der Waals surface area contributed by atoms with Crippen LogP contribution in [0.5, 0.6) is 0 Å². The van der Waals surface area contributed by atoms with Crippen LogP contribution in [0, 0.1) is 16.0 Å². The molecule has 0 saturated heterocycles. The molecule has 1 heterocycles. The van der Waals surface area contributed by atoms with Gasteiger partial charge in [-0.15, -0.1) is 0 Å². The number of nitro groups is 1. The summed E-state index contributed by atoms with van der Waals surface area (Å²) >= 11 is 0. The Balaban J connectivity index is 1.88. The van der Waals surface area contributed by atoms with E-state index in [9.17, 15) is 19.7 Å². The van der Waals surface area contributed by atoms with E-state index in [0.29, 0.717) is 53.2 Å². The van der Waals surface area contributed by atoms with Gasteiger partial charge in [-0.1, -0.05) is 55.4 Å². The zero-order chi connectivity index (χ0) is 28.8. The zero-order valence-corrected chi connectivity index (χ0v) is 23.6. The largest absolute Gasteiger partial charge is 0.335 e. The molecule has 0 spiro atoms. The van der Waals surface area contributed by atoms with Crippen LogP contribution in [0.2, 0.25) is 0 Å². The summed E-state index contributed by atoms with van der Waals surface area (Å²) in [7, 11) is 0. The molecule has 212 valence electrons. The number of hydrogen-bond acceptors (Lipinski definition) is 8. The summed E-state index contributed by atoms with van der Waals surface area (Å²) in [5.74, 6) is -0.434. The molecule has 10 nitrogen and oxygen atoms in total. The maximum absolute atomic E-state index is 12.2. The Kier molecular flexibility index (Phi) is 9.29. The minimum Gasteiger partial charge on any atom is -0.335 e. The highest BCUT2D eigenvalue weighted by Crippen LogP contribution is 2.37. The average Bonchev–Trinajstić information content (AvgIpc) is 3.26. The molecular formula is C30H36N4O6. The van der Waals surface area contributed by atoms with Gasteiger partial charge in [0.25, 0.3) is 5.69 Å². The van der Waals surface area contributed by atoms with E-state index in [-0.39, 0.29) is 5.69 Å². The van der Waals surface area contributed by atoms with Crippen molar-refractivity contribution < 1.29 is 24.2 Å². The highest BCUT2D eigenvalue weighted by Gasteiger charge is 2.24. The van der Waals surface area contributed by atoms with Gasteiger partial charge in [0.2, 0.25) is 0 Å². The maximum atomic E-state index is 12.2. The number of benzene rings is 2. The van der Waals surface area contributed by atoms with E-state index in [1.54, 1.807) is 0 Å². The van der Waals surface area contributed by atoms with Crippen LogP contribution in [0.25, 0.3) is 21.8 Å². The first-order chi connectivity index (χ1) is 19.2. The predicted molar refractivity (Wildman–Crippen MR) is 154 cm³/mol. The van der Waals surface area contributed by atoms with E-state index in [1.165, 1.54) is 52.0 Å². The van der Waals surface area contributed by atoms with Crippen molar-refractivity contribution in [2.24, 2.45) is 16.2 Å². The average molecular weight is 549 g/mol. The van der Waals surface area contributed by atoms with Crippen LogP contribution in [0.4, 0.5) is 5.69 Å². The zero-order valence-electron chi connectivity index (χ0n) is 23.6. The number of aromatic nitrogens is 1. The molecule has 0 bridgehead atoms. The lowest BCUT2D eigenvalue weighted by atomic mass is 9.85. The Labute approximate surface area is 233 Å². The minimum atomic E-state index is -0.568. The molecule has 1 fully saturated rings. The molecule has 1 aromatic heterocycles. The van der Waals surface area contributed by atoms with Gasteiger partial charge in [-0.25, -0.2) is 9.59 Å². The molecule has 0 radical (unpaired) electrons. The van der Waals surface area contributed by atoms with Crippen molar-refractivity contribution in [1.82, 2.24) is 4.57 Å². The van der Waals surface area contributed by atoms with E-state index in [0.717, 1.165) is 22.9 Å². The number of nitrogens with zero attached hydrogens (tertiary/aromatic N) is 4. The fourth-order valence-corrected chi connectivity index (χ4v) is 5.65. The summed E-state index contributed by atoms with van der Waals surface area (Å²) in [5, 5.41) is 21.9. The molecule has 2 aromatic carbocycles.